The highest BCUT2D eigenvalue weighted by Crippen LogP contribution is 2.37. The first-order chi connectivity index (χ1) is 6.50. The first kappa shape index (κ1) is 10.4. The van der Waals surface area contributed by atoms with E-state index in [1.54, 1.807) is 4.31 Å². The van der Waals surface area contributed by atoms with Gasteiger partial charge in [0.05, 0.1) is 6.26 Å². The van der Waals surface area contributed by atoms with Gasteiger partial charge < -0.3 is 5.73 Å². The fraction of sp³-hybridized carbons (Fsp3) is 1.00. The van der Waals surface area contributed by atoms with Crippen molar-refractivity contribution >= 4 is 10.0 Å². The molecule has 2 atom stereocenters. The summed E-state index contributed by atoms with van der Waals surface area (Å²) in [7, 11) is -3.05. The van der Waals surface area contributed by atoms with E-state index in [9.17, 15) is 8.42 Å². The molecule has 1 saturated carbocycles. The third kappa shape index (κ3) is 1.94. The SMILES string of the molecule is CS(=O)(=O)N1CCCC1C(N)C1CC1. The molecule has 0 amide bonds. The number of nitrogens with zero attached hydrogens (tertiary/aromatic N) is 1. The summed E-state index contributed by atoms with van der Waals surface area (Å²) < 4.78 is 24.5. The molecule has 1 heterocycles. The second kappa shape index (κ2) is 3.47. The molecule has 0 aromatic carbocycles. The molecule has 1 aliphatic carbocycles. The van der Waals surface area contributed by atoms with E-state index in [-0.39, 0.29) is 12.1 Å². The zero-order valence-electron chi connectivity index (χ0n) is 8.52. The number of sulfonamides is 1. The maximum absolute atomic E-state index is 11.5. The molecular weight excluding hydrogens is 200 g/mol. The predicted molar refractivity (Wildman–Crippen MR) is 55.3 cm³/mol. The Balaban J connectivity index is 2.10. The van der Waals surface area contributed by atoms with Gasteiger partial charge in [-0.3, -0.25) is 0 Å². The van der Waals surface area contributed by atoms with Crippen molar-refractivity contribution in [2.45, 2.75) is 37.8 Å². The first-order valence-corrected chi connectivity index (χ1v) is 7.07. The van der Waals surface area contributed by atoms with Crippen LogP contribution in [0.15, 0.2) is 0 Å². The van der Waals surface area contributed by atoms with Crippen molar-refractivity contribution in [1.82, 2.24) is 4.31 Å². The first-order valence-electron chi connectivity index (χ1n) is 5.22. The molecule has 0 aromatic rings. The van der Waals surface area contributed by atoms with E-state index in [0.29, 0.717) is 12.5 Å². The highest BCUT2D eigenvalue weighted by molar-refractivity contribution is 7.88. The van der Waals surface area contributed by atoms with E-state index >= 15 is 0 Å². The number of rotatable bonds is 3. The second-order valence-corrected chi connectivity index (χ2v) is 6.43. The Labute approximate surface area is 85.5 Å². The van der Waals surface area contributed by atoms with Crippen molar-refractivity contribution in [3.8, 4) is 0 Å². The van der Waals surface area contributed by atoms with Crippen molar-refractivity contribution in [2.75, 3.05) is 12.8 Å². The molecular formula is C9H18N2O2S. The van der Waals surface area contributed by atoms with Gasteiger partial charge in [-0.05, 0) is 31.6 Å². The minimum atomic E-state index is -3.05. The standard InChI is InChI=1S/C9H18N2O2S/c1-14(12,13)11-6-2-3-8(11)9(10)7-4-5-7/h7-9H,2-6,10H2,1H3. The van der Waals surface area contributed by atoms with Gasteiger partial charge in [-0.1, -0.05) is 0 Å². The van der Waals surface area contributed by atoms with Crippen LogP contribution in [0.25, 0.3) is 0 Å². The van der Waals surface area contributed by atoms with Crippen LogP contribution >= 0.6 is 0 Å². The van der Waals surface area contributed by atoms with Gasteiger partial charge in [0.1, 0.15) is 0 Å². The van der Waals surface area contributed by atoms with Gasteiger partial charge in [0.2, 0.25) is 10.0 Å². The fourth-order valence-electron chi connectivity index (χ4n) is 2.36. The average Bonchev–Trinajstić information content (AvgIpc) is 2.78. The van der Waals surface area contributed by atoms with Crippen LogP contribution in [0, 0.1) is 5.92 Å². The summed E-state index contributed by atoms with van der Waals surface area (Å²) in [5.74, 6) is 0.572. The van der Waals surface area contributed by atoms with E-state index in [1.807, 2.05) is 0 Å². The van der Waals surface area contributed by atoms with E-state index < -0.39 is 10.0 Å². The lowest BCUT2D eigenvalue weighted by atomic mass is 10.0. The molecule has 82 valence electrons. The van der Waals surface area contributed by atoms with Crippen molar-refractivity contribution in [3.05, 3.63) is 0 Å². The third-order valence-corrected chi connectivity index (χ3v) is 4.59. The highest BCUT2D eigenvalue weighted by Gasteiger charge is 2.41. The van der Waals surface area contributed by atoms with Crippen molar-refractivity contribution in [2.24, 2.45) is 11.7 Å². The lowest BCUT2D eigenvalue weighted by Gasteiger charge is -2.27. The molecule has 2 unspecified atom stereocenters. The van der Waals surface area contributed by atoms with Gasteiger partial charge in [0.15, 0.2) is 0 Å². The Morgan fingerprint density at radius 1 is 1.36 bits per heavy atom. The van der Waals surface area contributed by atoms with Gasteiger partial charge in [-0.2, -0.15) is 4.31 Å². The van der Waals surface area contributed by atoms with Gasteiger partial charge in [-0.15, -0.1) is 0 Å². The van der Waals surface area contributed by atoms with Crippen LogP contribution in [0.5, 0.6) is 0 Å². The van der Waals surface area contributed by atoms with E-state index in [1.165, 1.54) is 19.1 Å². The Hall–Kier alpha value is -0.130. The minimum Gasteiger partial charge on any atom is -0.326 e. The maximum Gasteiger partial charge on any atom is 0.211 e. The molecule has 1 saturated heterocycles. The quantitative estimate of drug-likeness (QED) is 0.733. The van der Waals surface area contributed by atoms with Crippen LogP contribution in [0.4, 0.5) is 0 Å². The van der Waals surface area contributed by atoms with Gasteiger partial charge in [0, 0.05) is 18.6 Å². The lowest BCUT2D eigenvalue weighted by Crippen LogP contribution is -2.47. The summed E-state index contributed by atoms with van der Waals surface area (Å²) in [6.45, 7) is 0.657. The van der Waals surface area contributed by atoms with E-state index in [4.69, 9.17) is 5.73 Å². The van der Waals surface area contributed by atoms with Crippen LogP contribution in [-0.4, -0.2) is 37.6 Å². The van der Waals surface area contributed by atoms with Crippen molar-refractivity contribution in [1.29, 1.82) is 0 Å². The normalized spacial score (nSPS) is 32.0. The van der Waals surface area contributed by atoms with Crippen LogP contribution in [-0.2, 0) is 10.0 Å². The van der Waals surface area contributed by atoms with Gasteiger partial charge in [0.25, 0.3) is 0 Å². The Kier molecular flexibility index (Phi) is 2.57. The van der Waals surface area contributed by atoms with E-state index in [0.717, 1.165) is 12.8 Å². The largest absolute Gasteiger partial charge is 0.326 e. The topological polar surface area (TPSA) is 63.4 Å². The Morgan fingerprint density at radius 3 is 2.50 bits per heavy atom. The Morgan fingerprint density at radius 2 is 2.00 bits per heavy atom. The molecule has 0 aromatic heterocycles. The summed E-state index contributed by atoms with van der Waals surface area (Å²) >= 11 is 0. The zero-order valence-corrected chi connectivity index (χ0v) is 9.33. The molecule has 1 aliphatic heterocycles. The molecule has 5 heteroatoms. The smallest absolute Gasteiger partial charge is 0.211 e. The summed E-state index contributed by atoms with van der Waals surface area (Å²) in [5, 5.41) is 0. The fourth-order valence-corrected chi connectivity index (χ4v) is 3.56. The molecule has 2 N–H and O–H groups in total. The number of hydrogen-bond acceptors (Lipinski definition) is 3. The molecule has 2 aliphatic rings. The summed E-state index contributed by atoms with van der Waals surface area (Å²) in [4.78, 5) is 0. The minimum absolute atomic E-state index is 0.0622. The summed E-state index contributed by atoms with van der Waals surface area (Å²) in [5.41, 5.74) is 6.07. The highest BCUT2D eigenvalue weighted by atomic mass is 32.2. The predicted octanol–water partition coefficient (Wildman–Crippen LogP) is 0.148. The Bertz CT molecular complexity index is 311. The molecule has 4 nitrogen and oxygen atoms in total. The van der Waals surface area contributed by atoms with Crippen LogP contribution in [0.1, 0.15) is 25.7 Å². The second-order valence-electron chi connectivity index (χ2n) is 4.50. The third-order valence-electron chi connectivity index (χ3n) is 3.28. The molecule has 0 spiro atoms. The summed E-state index contributed by atoms with van der Waals surface area (Å²) in [6.07, 6.45) is 5.53. The summed E-state index contributed by atoms with van der Waals surface area (Å²) in [6, 6.07) is 0.129. The molecule has 0 radical (unpaired) electrons. The molecule has 2 fully saturated rings. The van der Waals surface area contributed by atoms with Crippen LogP contribution in [0.3, 0.4) is 0 Å². The molecule has 0 bridgehead atoms. The van der Waals surface area contributed by atoms with Gasteiger partial charge >= 0.3 is 0 Å². The zero-order chi connectivity index (χ0) is 10.3. The van der Waals surface area contributed by atoms with Crippen LogP contribution < -0.4 is 5.73 Å². The van der Waals surface area contributed by atoms with Crippen molar-refractivity contribution in [3.63, 3.8) is 0 Å². The number of nitrogens with two attached hydrogens (primary N) is 1. The average molecular weight is 218 g/mol. The van der Waals surface area contributed by atoms with Crippen LogP contribution in [0.2, 0.25) is 0 Å². The molecule has 14 heavy (non-hydrogen) atoms. The molecule has 2 rings (SSSR count). The monoisotopic (exact) mass is 218 g/mol. The number of hydrogen-bond donors (Lipinski definition) is 1. The van der Waals surface area contributed by atoms with Gasteiger partial charge in [-0.25, -0.2) is 8.42 Å². The van der Waals surface area contributed by atoms with E-state index in [2.05, 4.69) is 0 Å². The van der Waals surface area contributed by atoms with Crippen molar-refractivity contribution < 1.29 is 8.42 Å². The lowest BCUT2D eigenvalue weighted by molar-refractivity contribution is 0.322. The maximum atomic E-state index is 11.5.